The SMILES string of the molecule is CC(O)Oc1ccc(Cl)c(Cl)c1Cl.CCCC(O)Oc1cccc(Cl)c1Cl. The van der Waals surface area contributed by atoms with Gasteiger partial charge in [0.15, 0.2) is 12.6 Å². The molecule has 0 fully saturated rings. The van der Waals surface area contributed by atoms with E-state index in [1.165, 1.54) is 6.92 Å². The molecule has 0 bridgehead atoms. The first-order valence-corrected chi connectivity index (χ1v) is 9.83. The summed E-state index contributed by atoms with van der Waals surface area (Å²) in [5.74, 6) is 0.728. The second-order valence-electron chi connectivity index (χ2n) is 5.30. The molecular weight excluding hydrogens is 457 g/mol. The van der Waals surface area contributed by atoms with Crippen LogP contribution >= 0.6 is 58.0 Å². The van der Waals surface area contributed by atoms with Crippen LogP contribution in [-0.2, 0) is 0 Å². The van der Waals surface area contributed by atoms with Gasteiger partial charge in [-0.3, -0.25) is 0 Å². The maximum absolute atomic E-state index is 9.39. The summed E-state index contributed by atoms with van der Waals surface area (Å²) in [5, 5.41) is 19.9. The van der Waals surface area contributed by atoms with Gasteiger partial charge in [0, 0.05) is 6.42 Å². The third kappa shape index (κ3) is 8.12. The Morgan fingerprint density at radius 3 is 2.00 bits per heavy atom. The summed E-state index contributed by atoms with van der Waals surface area (Å²) in [6, 6.07) is 8.16. The second kappa shape index (κ2) is 12.1. The van der Waals surface area contributed by atoms with Gasteiger partial charge in [0.25, 0.3) is 0 Å². The van der Waals surface area contributed by atoms with Crippen LogP contribution in [-0.4, -0.2) is 22.8 Å². The fourth-order valence-corrected chi connectivity index (χ4v) is 2.72. The van der Waals surface area contributed by atoms with Crippen LogP contribution in [0.3, 0.4) is 0 Å². The summed E-state index contributed by atoms with van der Waals surface area (Å²) in [5.41, 5.74) is 0. The molecule has 2 aromatic carbocycles. The van der Waals surface area contributed by atoms with Crippen molar-refractivity contribution in [3.8, 4) is 11.5 Å². The van der Waals surface area contributed by atoms with Crippen LogP contribution in [0.1, 0.15) is 26.7 Å². The lowest BCUT2D eigenvalue weighted by Crippen LogP contribution is -2.14. The zero-order valence-electron chi connectivity index (χ0n) is 14.6. The maximum Gasteiger partial charge on any atom is 0.197 e. The van der Waals surface area contributed by atoms with E-state index in [0.717, 1.165) is 6.42 Å². The number of ether oxygens (including phenoxy) is 2. The van der Waals surface area contributed by atoms with Gasteiger partial charge >= 0.3 is 0 Å². The van der Waals surface area contributed by atoms with Crippen molar-refractivity contribution in [3.05, 3.63) is 55.4 Å². The molecule has 27 heavy (non-hydrogen) atoms. The molecule has 4 nitrogen and oxygen atoms in total. The Kier molecular flexibility index (Phi) is 10.9. The molecule has 0 spiro atoms. The van der Waals surface area contributed by atoms with Crippen LogP contribution in [0.4, 0.5) is 0 Å². The van der Waals surface area contributed by atoms with Crippen molar-refractivity contribution >= 4 is 58.0 Å². The van der Waals surface area contributed by atoms with Gasteiger partial charge in [0.2, 0.25) is 0 Å². The lowest BCUT2D eigenvalue weighted by Gasteiger charge is -2.13. The molecule has 0 aliphatic rings. The molecule has 2 unspecified atom stereocenters. The highest BCUT2D eigenvalue weighted by molar-refractivity contribution is 6.48. The predicted octanol–water partition coefficient (Wildman–Crippen LogP) is 6.85. The minimum Gasteiger partial charge on any atom is -0.464 e. The van der Waals surface area contributed by atoms with E-state index in [1.807, 2.05) is 6.92 Å². The van der Waals surface area contributed by atoms with Gasteiger partial charge in [-0.25, -0.2) is 0 Å². The zero-order valence-corrected chi connectivity index (χ0v) is 18.3. The van der Waals surface area contributed by atoms with Gasteiger partial charge < -0.3 is 19.7 Å². The molecule has 0 aliphatic heterocycles. The third-order valence-corrected chi connectivity index (χ3v) is 5.09. The van der Waals surface area contributed by atoms with Gasteiger partial charge in [0.05, 0.1) is 15.1 Å². The number of rotatable bonds is 6. The van der Waals surface area contributed by atoms with Gasteiger partial charge in [0.1, 0.15) is 21.5 Å². The topological polar surface area (TPSA) is 58.9 Å². The zero-order chi connectivity index (χ0) is 20.6. The smallest absolute Gasteiger partial charge is 0.197 e. The van der Waals surface area contributed by atoms with Crippen LogP contribution < -0.4 is 9.47 Å². The van der Waals surface area contributed by atoms with Crippen molar-refractivity contribution < 1.29 is 19.7 Å². The number of aliphatic hydroxyl groups is 2. The van der Waals surface area contributed by atoms with Crippen LogP contribution in [0.5, 0.6) is 11.5 Å². The lowest BCUT2D eigenvalue weighted by atomic mass is 10.3. The van der Waals surface area contributed by atoms with Crippen LogP contribution in [0.15, 0.2) is 30.3 Å². The number of hydrogen-bond donors (Lipinski definition) is 2. The Labute approximate surface area is 183 Å². The molecule has 2 atom stereocenters. The van der Waals surface area contributed by atoms with Crippen LogP contribution in [0.25, 0.3) is 0 Å². The fourth-order valence-electron chi connectivity index (χ4n) is 1.81. The monoisotopic (exact) mass is 474 g/mol. The van der Waals surface area contributed by atoms with Crippen molar-refractivity contribution in [1.82, 2.24) is 0 Å². The van der Waals surface area contributed by atoms with E-state index in [4.69, 9.17) is 72.6 Å². The molecule has 2 aromatic rings. The van der Waals surface area contributed by atoms with Crippen molar-refractivity contribution in [3.63, 3.8) is 0 Å². The highest BCUT2D eigenvalue weighted by atomic mass is 35.5. The van der Waals surface area contributed by atoms with Crippen LogP contribution in [0, 0.1) is 0 Å². The molecule has 150 valence electrons. The summed E-state index contributed by atoms with van der Waals surface area (Å²) in [4.78, 5) is 0. The van der Waals surface area contributed by atoms with E-state index in [1.54, 1.807) is 30.3 Å². The summed E-state index contributed by atoms with van der Waals surface area (Å²) in [6.45, 7) is 3.44. The summed E-state index contributed by atoms with van der Waals surface area (Å²) in [7, 11) is 0. The Balaban J connectivity index is 0.000000271. The molecule has 0 aromatic heterocycles. The molecule has 2 rings (SSSR count). The van der Waals surface area contributed by atoms with Gasteiger partial charge in [-0.1, -0.05) is 77.4 Å². The normalized spacial score (nSPS) is 12.6. The van der Waals surface area contributed by atoms with E-state index in [2.05, 4.69) is 0 Å². The molecule has 0 saturated carbocycles. The Morgan fingerprint density at radius 1 is 0.815 bits per heavy atom. The first-order chi connectivity index (χ1) is 12.7. The molecule has 9 heteroatoms. The lowest BCUT2D eigenvalue weighted by molar-refractivity contribution is -0.0232. The fraction of sp³-hybridized carbons (Fsp3) is 0.333. The quantitative estimate of drug-likeness (QED) is 0.353. The highest BCUT2D eigenvalue weighted by Gasteiger charge is 2.11. The van der Waals surface area contributed by atoms with Crippen molar-refractivity contribution in [1.29, 1.82) is 0 Å². The summed E-state index contributed by atoms with van der Waals surface area (Å²) >= 11 is 28.9. The van der Waals surface area contributed by atoms with E-state index in [9.17, 15) is 5.11 Å². The summed E-state index contributed by atoms with van der Waals surface area (Å²) in [6.07, 6.45) is -0.340. The third-order valence-electron chi connectivity index (χ3n) is 3.01. The van der Waals surface area contributed by atoms with Gasteiger partial charge in [-0.05, 0) is 31.2 Å². The number of benzene rings is 2. The molecule has 0 aliphatic carbocycles. The number of hydrogen-bond acceptors (Lipinski definition) is 4. The molecule has 0 amide bonds. The van der Waals surface area contributed by atoms with Crippen molar-refractivity contribution in [2.75, 3.05) is 0 Å². The van der Waals surface area contributed by atoms with Gasteiger partial charge in [-0.2, -0.15) is 0 Å². The minimum absolute atomic E-state index is 0.204. The molecule has 2 N–H and O–H groups in total. The molecule has 0 radical (unpaired) electrons. The second-order valence-corrected chi connectivity index (χ2v) is 7.25. The largest absolute Gasteiger partial charge is 0.464 e. The standard InChI is InChI=1S/C10H12Cl2O2.C8H7Cl3O2/c1-2-4-9(13)14-8-6-3-5-7(11)10(8)12;1-4(12)13-6-3-2-5(9)7(10)8(6)11/h3,5-6,9,13H,2,4H2,1H3;2-4,12H,1H3. The maximum atomic E-state index is 9.39. The number of halogens is 5. The van der Waals surface area contributed by atoms with E-state index < -0.39 is 12.6 Å². The van der Waals surface area contributed by atoms with E-state index >= 15 is 0 Å². The van der Waals surface area contributed by atoms with E-state index in [0.29, 0.717) is 33.0 Å². The number of aliphatic hydroxyl groups excluding tert-OH is 2. The van der Waals surface area contributed by atoms with E-state index in [-0.39, 0.29) is 10.0 Å². The van der Waals surface area contributed by atoms with Crippen molar-refractivity contribution in [2.24, 2.45) is 0 Å². The average molecular weight is 477 g/mol. The van der Waals surface area contributed by atoms with Crippen molar-refractivity contribution in [2.45, 2.75) is 39.3 Å². The highest BCUT2D eigenvalue weighted by Crippen LogP contribution is 2.37. The molecular formula is C18H19Cl5O4. The summed E-state index contributed by atoms with van der Waals surface area (Å²) < 4.78 is 10.2. The average Bonchev–Trinajstić information content (AvgIpc) is 2.60. The Morgan fingerprint density at radius 2 is 1.41 bits per heavy atom. The molecule has 0 saturated heterocycles. The minimum atomic E-state index is -0.935. The predicted molar refractivity (Wildman–Crippen MR) is 112 cm³/mol. The first-order valence-electron chi connectivity index (χ1n) is 7.94. The van der Waals surface area contributed by atoms with Gasteiger partial charge in [-0.15, -0.1) is 0 Å². The first kappa shape index (κ1) is 24.4. The molecule has 0 heterocycles. The Bertz CT molecular complexity index is 740. The van der Waals surface area contributed by atoms with Crippen LogP contribution in [0.2, 0.25) is 25.1 Å². The Hall–Kier alpha value is -0.590.